The Kier molecular flexibility index (Phi) is 7.19. The zero-order valence-electron chi connectivity index (χ0n) is 18.2. The highest BCUT2D eigenvalue weighted by Crippen LogP contribution is 2.21. The van der Waals surface area contributed by atoms with Crippen molar-refractivity contribution < 1.29 is 14.3 Å². The van der Waals surface area contributed by atoms with Crippen LogP contribution in [-0.4, -0.2) is 50.8 Å². The summed E-state index contributed by atoms with van der Waals surface area (Å²) in [7, 11) is 1.64. The number of morpholine rings is 1. The molecule has 2 aromatic carbocycles. The van der Waals surface area contributed by atoms with Gasteiger partial charge in [-0.05, 0) is 60.5 Å². The maximum absolute atomic E-state index is 12.5. The monoisotopic (exact) mass is 432 g/mol. The Bertz CT molecular complexity index is 1020. The molecular formula is C25H28N4O3. The minimum absolute atomic E-state index is 0.190. The summed E-state index contributed by atoms with van der Waals surface area (Å²) in [4.78, 5) is 19.3. The first kappa shape index (κ1) is 21.6. The van der Waals surface area contributed by atoms with Crippen LogP contribution in [0.2, 0.25) is 0 Å². The van der Waals surface area contributed by atoms with Gasteiger partial charge in [0.15, 0.2) is 0 Å². The zero-order chi connectivity index (χ0) is 22.2. The maximum Gasteiger partial charge on any atom is 0.269 e. The summed E-state index contributed by atoms with van der Waals surface area (Å²) in [6.07, 6.45) is 0.739. The molecule has 2 heterocycles. The Morgan fingerprint density at radius 2 is 1.78 bits per heavy atom. The molecule has 0 unspecified atom stereocenters. The number of aromatic nitrogens is 1. The van der Waals surface area contributed by atoms with Crippen LogP contribution in [0.4, 0.5) is 17.2 Å². The second kappa shape index (κ2) is 10.6. The number of ether oxygens (including phenoxy) is 2. The Morgan fingerprint density at radius 3 is 2.50 bits per heavy atom. The van der Waals surface area contributed by atoms with Crippen molar-refractivity contribution in [1.29, 1.82) is 0 Å². The summed E-state index contributed by atoms with van der Waals surface area (Å²) >= 11 is 0. The summed E-state index contributed by atoms with van der Waals surface area (Å²) in [6, 6.07) is 21.4. The van der Waals surface area contributed by atoms with Gasteiger partial charge in [-0.1, -0.05) is 18.2 Å². The fourth-order valence-electron chi connectivity index (χ4n) is 3.56. The molecule has 166 valence electrons. The third kappa shape index (κ3) is 5.76. The number of anilines is 3. The third-order valence-electron chi connectivity index (χ3n) is 5.36. The highest BCUT2D eigenvalue weighted by Gasteiger charge is 2.11. The van der Waals surface area contributed by atoms with Gasteiger partial charge in [-0.3, -0.25) is 4.79 Å². The van der Waals surface area contributed by atoms with Gasteiger partial charge in [0.1, 0.15) is 17.3 Å². The fourth-order valence-corrected chi connectivity index (χ4v) is 3.56. The van der Waals surface area contributed by atoms with Gasteiger partial charge in [-0.25, -0.2) is 4.98 Å². The Hall–Kier alpha value is -3.58. The van der Waals surface area contributed by atoms with Crippen LogP contribution in [0.3, 0.4) is 0 Å². The van der Waals surface area contributed by atoms with Crippen molar-refractivity contribution in [3.63, 3.8) is 0 Å². The van der Waals surface area contributed by atoms with E-state index in [4.69, 9.17) is 9.47 Å². The lowest BCUT2D eigenvalue weighted by Crippen LogP contribution is -2.36. The number of amides is 1. The number of nitrogens with one attached hydrogen (secondary N) is 2. The predicted molar refractivity (Wildman–Crippen MR) is 126 cm³/mol. The summed E-state index contributed by atoms with van der Waals surface area (Å²) in [6.45, 7) is 3.87. The van der Waals surface area contributed by atoms with E-state index in [2.05, 4.69) is 32.7 Å². The summed E-state index contributed by atoms with van der Waals surface area (Å²) < 4.78 is 10.6. The minimum Gasteiger partial charge on any atom is -0.497 e. The average molecular weight is 433 g/mol. The number of hydrogen-bond acceptors (Lipinski definition) is 6. The van der Waals surface area contributed by atoms with Crippen molar-refractivity contribution in [1.82, 2.24) is 10.3 Å². The van der Waals surface area contributed by atoms with E-state index < -0.39 is 0 Å². The van der Waals surface area contributed by atoms with E-state index in [1.54, 1.807) is 13.2 Å². The molecule has 2 N–H and O–H groups in total. The zero-order valence-corrected chi connectivity index (χ0v) is 18.2. The van der Waals surface area contributed by atoms with Gasteiger partial charge in [-0.2, -0.15) is 0 Å². The van der Waals surface area contributed by atoms with Gasteiger partial charge in [0.25, 0.3) is 5.91 Å². The number of pyridine rings is 1. The standard InChI is InChI=1S/C25H28N4O3/c1-31-22-11-5-19(6-12-22)13-14-26-25(30)23-3-2-4-24(28-23)27-20-7-9-21(10-8-20)29-15-17-32-18-16-29/h2-12H,13-18H2,1H3,(H,26,30)(H,27,28). The molecule has 0 atom stereocenters. The highest BCUT2D eigenvalue weighted by atomic mass is 16.5. The molecule has 4 rings (SSSR count). The summed E-state index contributed by atoms with van der Waals surface area (Å²) in [5.41, 5.74) is 3.62. The normalized spacial score (nSPS) is 13.5. The van der Waals surface area contributed by atoms with Crippen LogP contribution in [0.1, 0.15) is 16.1 Å². The molecule has 0 saturated carbocycles. The number of benzene rings is 2. The Morgan fingerprint density at radius 1 is 1.03 bits per heavy atom. The average Bonchev–Trinajstić information content (AvgIpc) is 2.85. The minimum atomic E-state index is -0.190. The molecule has 7 heteroatoms. The van der Waals surface area contributed by atoms with Crippen molar-refractivity contribution in [3.8, 4) is 5.75 Å². The molecule has 1 aliphatic rings. The summed E-state index contributed by atoms with van der Waals surface area (Å²) in [5.74, 6) is 1.26. The van der Waals surface area contributed by atoms with Crippen molar-refractivity contribution in [3.05, 3.63) is 78.0 Å². The molecule has 1 amide bonds. The second-order valence-corrected chi connectivity index (χ2v) is 7.53. The first-order chi connectivity index (χ1) is 15.7. The molecular weight excluding hydrogens is 404 g/mol. The van der Waals surface area contributed by atoms with Crippen LogP contribution in [-0.2, 0) is 11.2 Å². The number of hydrogen-bond donors (Lipinski definition) is 2. The lowest BCUT2D eigenvalue weighted by molar-refractivity contribution is 0.0949. The maximum atomic E-state index is 12.5. The van der Waals surface area contributed by atoms with E-state index in [1.807, 2.05) is 48.5 Å². The van der Waals surface area contributed by atoms with Crippen LogP contribution in [0.25, 0.3) is 0 Å². The van der Waals surface area contributed by atoms with Gasteiger partial charge in [0, 0.05) is 31.0 Å². The second-order valence-electron chi connectivity index (χ2n) is 7.53. The van der Waals surface area contributed by atoms with Crippen LogP contribution >= 0.6 is 0 Å². The fraction of sp³-hybridized carbons (Fsp3) is 0.280. The number of carbonyl (C=O) groups is 1. The lowest BCUT2D eigenvalue weighted by Gasteiger charge is -2.28. The van der Waals surface area contributed by atoms with Crippen molar-refractivity contribution in [2.24, 2.45) is 0 Å². The molecule has 1 fully saturated rings. The summed E-state index contributed by atoms with van der Waals surface area (Å²) in [5, 5.41) is 6.21. The van der Waals surface area contributed by atoms with Gasteiger partial charge < -0.3 is 25.0 Å². The van der Waals surface area contributed by atoms with Crippen LogP contribution in [0.5, 0.6) is 5.75 Å². The molecule has 3 aromatic rings. The molecule has 0 radical (unpaired) electrons. The van der Waals surface area contributed by atoms with Crippen molar-refractivity contribution >= 4 is 23.1 Å². The quantitative estimate of drug-likeness (QED) is 0.566. The van der Waals surface area contributed by atoms with Crippen LogP contribution in [0, 0.1) is 0 Å². The Labute approximate surface area is 188 Å². The molecule has 0 aliphatic carbocycles. The molecule has 32 heavy (non-hydrogen) atoms. The first-order valence-corrected chi connectivity index (χ1v) is 10.8. The van der Waals surface area contributed by atoms with E-state index in [1.165, 1.54) is 5.69 Å². The van der Waals surface area contributed by atoms with E-state index >= 15 is 0 Å². The van der Waals surface area contributed by atoms with E-state index in [-0.39, 0.29) is 5.91 Å². The van der Waals surface area contributed by atoms with Crippen LogP contribution in [0.15, 0.2) is 66.7 Å². The smallest absolute Gasteiger partial charge is 0.269 e. The van der Waals surface area contributed by atoms with E-state index in [0.717, 1.165) is 49.7 Å². The van der Waals surface area contributed by atoms with Gasteiger partial charge in [-0.15, -0.1) is 0 Å². The number of nitrogens with zero attached hydrogens (tertiary/aromatic N) is 2. The topological polar surface area (TPSA) is 75.7 Å². The van der Waals surface area contributed by atoms with E-state index in [9.17, 15) is 4.79 Å². The number of carbonyl (C=O) groups excluding carboxylic acids is 1. The highest BCUT2D eigenvalue weighted by molar-refractivity contribution is 5.92. The molecule has 1 saturated heterocycles. The molecule has 0 bridgehead atoms. The lowest BCUT2D eigenvalue weighted by atomic mass is 10.1. The number of rotatable bonds is 8. The van der Waals surface area contributed by atoms with Crippen molar-refractivity contribution in [2.45, 2.75) is 6.42 Å². The molecule has 1 aliphatic heterocycles. The third-order valence-corrected chi connectivity index (χ3v) is 5.36. The van der Waals surface area contributed by atoms with Crippen molar-refractivity contribution in [2.75, 3.05) is 50.2 Å². The molecule has 1 aromatic heterocycles. The molecule has 7 nitrogen and oxygen atoms in total. The SMILES string of the molecule is COc1ccc(CCNC(=O)c2cccc(Nc3ccc(N4CCOCC4)cc3)n2)cc1. The largest absolute Gasteiger partial charge is 0.497 e. The molecule has 0 spiro atoms. The van der Waals surface area contributed by atoms with Gasteiger partial charge >= 0.3 is 0 Å². The van der Waals surface area contributed by atoms with E-state index in [0.29, 0.717) is 18.1 Å². The van der Waals surface area contributed by atoms with Crippen LogP contribution < -0.4 is 20.3 Å². The van der Waals surface area contributed by atoms with Gasteiger partial charge in [0.2, 0.25) is 0 Å². The Balaban J connectivity index is 1.30. The first-order valence-electron chi connectivity index (χ1n) is 10.8. The van der Waals surface area contributed by atoms with Gasteiger partial charge in [0.05, 0.1) is 20.3 Å². The predicted octanol–water partition coefficient (Wildman–Crippen LogP) is 3.64. The number of methoxy groups -OCH3 is 1.